The Morgan fingerprint density at radius 3 is 2.81 bits per heavy atom. The summed E-state index contributed by atoms with van der Waals surface area (Å²) in [6.07, 6.45) is -0.186. The van der Waals surface area contributed by atoms with Crippen LogP contribution in [-0.2, 0) is 21.3 Å². The van der Waals surface area contributed by atoms with E-state index in [9.17, 15) is 13.4 Å². The van der Waals surface area contributed by atoms with E-state index in [0.29, 0.717) is 5.02 Å². The van der Waals surface area contributed by atoms with Crippen LogP contribution in [0, 0.1) is 5.82 Å². The molecule has 3 nitrogen and oxygen atoms in total. The highest BCUT2D eigenvalue weighted by Gasteiger charge is 2.09. The maximum absolute atomic E-state index is 13.2. The molecule has 88 valence electrons. The monoisotopic (exact) mass is 264 g/mol. The molecule has 0 saturated heterocycles. The highest BCUT2D eigenvalue weighted by Crippen LogP contribution is 2.16. The number of hydrogen-bond acceptors (Lipinski definition) is 2. The van der Waals surface area contributed by atoms with Crippen LogP contribution in [0.15, 0.2) is 18.2 Å². The van der Waals surface area contributed by atoms with Crippen LogP contribution < -0.4 is 0 Å². The number of halogens is 2. The van der Waals surface area contributed by atoms with Crippen molar-refractivity contribution in [3.05, 3.63) is 34.6 Å². The van der Waals surface area contributed by atoms with Gasteiger partial charge in [-0.25, -0.2) is 4.39 Å². The number of aliphatic carboxylic acids is 1. The van der Waals surface area contributed by atoms with Gasteiger partial charge < -0.3 is 5.11 Å². The molecule has 1 aromatic rings. The van der Waals surface area contributed by atoms with E-state index < -0.39 is 22.6 Å². The van der Waals surface area contributed by atoms with Crippen molar-refractivity contribution < 1.29 is 18.5 Å². The summed E-state index contributed by atoms with van der Waals surface area (Å²) in [6.45, 7) is 0. The van der Waals surface area contributed by atoms with E-state index in [1.807, 2.05) is 0 Å². The van der Waals surface area contributed by atoms with Crippen LogP contribution in [0.25, 0.3) is 0 Å². The second-order valence-corrected chi connectivity index (χ2v) is 5.18. The number of benzene rings is 1. The summed E-state index contributed by atoms with van der Waals surface area (Å²) < 4.78 is 24.6. The second-order valence-electron chi connectivity index (χ2n) is 3.17. The summed E-state index contributed by atoms with van der Waals surface area (Å²) in [6, 6.07) is 4.00. The highest BCUT2D eigenvalue weighted by molar-refractivity contribution is 7.84. The van der Waals surface area contributed by atoms with Crippen LogP contribution in [0.2, 0.25) is 5.02 Å². The Balaban J connectivity index is 2.62. The topological polar surface area (TPSA) is 54.4 Å². The van der Waals surface area contributed by atoms with Crippen molar-refractivity contribution >= 4 is 28.4 Å². The van der Waals surface area contributed by atoms with Crippen LogP contribution in [0.1, 0.15) is 12.0 Å². The lowest BCUT2D eigenvalue weighted by Gasteiger charge is -2.03. The Bertz CT molecular complexity index is 423. The number of carbonyl (C=O) groups is 1. The normalized spacial score (nSPS) is 12.4. The van der Waals surface area contributed by atoms with Crippen LogP contribution in [-0.4, -0.2) is 21.0 Å². The molecule has 1 unspecified atom stereocenters. The van der Waals surface area contributed by atoms with Gasteiger partial charge in [-0.2, -0.15) is 0 Å². The predicted octanol–water partition coefficient (Wildman–Crippen LogP) is 2.20. The van der Waals surface area contributed by atoms with Gasteiger partial charge in [0.1, 0.15) is 5.82 Å². The third-order valence-electron chi connectivity index (χ3n) is 1.87. The minimum atomic E-state index is -1.39. The third kappa shape index (κ3) is 4.28. The first-order valence-corrected chi connectivity index (χ1v) is 6.36. The van der Waals surface area contributed by atoms with Crippen molar-refractivity contribution in [3.63, 3.8) is 0 Å². The van der Waals surface area contributed by atoms with Crippen LogP contribution >= 0.6 is 11.6 Å². The molecule has 0 heterocycles. The molecule has 0 spiro atoms. The zero-order chi connectivity index (χ0) is 12.1. The summed E-state index contributed by atoms with van der Waals surface area (Å²) in [4.78, 5) is 10.2. The first-order valence-electron chi connectivity index (χ1n) is 4.49. The molecule has 0 aromatic heterocycles. The minimum absolute atomic E-state index is 0.0142. The molecule has 0 amide bonds. The fourth-order valence-corrected chi connectivity index (χ4v) is 2.41. The van der Waals surface area contributed by atoms with Crippen molar-refractivity contribution in [1.82, 2.24) is 0 Å². The predicted molar refractivity (Wildman–Crippen MR) is 60.4 cm³/mol. The molecule has 6 heteroatoms. The largest absolute Gasteiger partial charge is 0.481 e. The van der Waals surface area contributed by atoms with Gasteiger partial charge in [-0.1, -0.05) is 11.6 Å². The zero-order valence-corrected chi connectivity index (χ0v) is 9.85. The van der Waals surface area contributed by atoms with Crippen molar-refractivity contribution in [3.8, 4) is 0 Å². The fourth-order valence-electron chi connectivity index (χ4n) is 1.10. The maximum atomic E-state index is 13.2. The zero-order valence-electron chi connectivity index (χ0n) is 8.28. The van der Waals surface area contributed by atoms with Crippen molar-refractivity contribution in [2.45, 2.75) is 12.2 Å². The number of rotatable bonds is 5. The maximum Gasteiger partial charge on any atom is 0.304 e. The van der Waals surface area contributed by atoms with E-state index in [0.717, 1.165) is 0 Å². The van der Waals surface area contributed by atoms with E-state index in [-0.39, 0.29) is 23.5 Å². The van der Waals surface area contributed by atoms with Gasteiger partial charge >= 0.3 is 5.97 Å². The van der Waals surface area contributed by atoms with Gasteiger partial charge in [-0.3, -0.25) is 9.00 Å². The van der Waals surface area contributed by atoms with Crippen LogP contribution in [0.5, 0.6) is 0 Å². The van der Waals surface area contributed by atoms with Gasteiger partial charge in [0.15, 0.2) is 0 Å². The second kappa shape index (κ2) is 5.96. The lowest BCUT2D eigenvalue weighted by Crippen LogP contribution is -2.07. The Labute approximate surface area is 99.7 Å². The molecule has 0 aliphatic carbocycles. The number of carboxylic acids is 1. The van der Waals surface area contributed by atoms with Gasteiger partial charge in [0, 0.05) is 27.1 Å². The first kappa shape index (κ1) is 13.1. The average molecular weight is 265 g/mol. The standard InChI is InChI=1S/C10H10ClFO3S/c11-8-1-2-9(12)7(5-8)6-16(15)4-3-10(13)14/h1-2,5H,3-4,6H2,(H,13,14). The Morgan fingerprint density at radius 1 is 1.50 bits per heavy atom. The summed E-state index contributed by atoms with van der Waals surface area (Å²) >= 11 is 5.67. The van der Waals surface area contributed by atoms with Gasteiger partial charge in [-0.15, -0.1) is 0 Å². The van der Waals surface area contributed by atoms with Crippen molar-refractivity contribution in [2.75, 3.05) is 5.75 Å². The summed E-state index contributed by atoms with van der Waals surface area (Å²) in [5.41, 5.74) is 0.247. The summed E-state index contributed by atoms with van der Waals surface area (Å²) in [7, 11) is -1.39. The molecule has 0 radical (unpaired) electrons. The highest BCUT2D eigenvalue weighted by atomic mass is 35.5. The molecule has 1 rings (SSSR count). The average Bonchev–Trinajstić information content (AvgIpc) is 2.20. The molecule has 1 aromatic carbocycles. The third-order valence-corrected chi connectivity index (χ3v) is 3.40. The minimum Gasteiger partial charge on any atom is -0.481 e. The Morgan fingerprint density at radius 2 is 2.19 bits per heavy atom. The molecular weight excluding hydrogens is 255 g/mol. The molecule has 0 bridgehead atoms. The molecule has 0 saturated carbocycles. The fraction of sp³-hybridized carbons (Fsp3) is 0.300. The van der Waals surface area contributed by atoms with Gasteiger partial charge in [0.2, 0.25) is 0 Å². The molecule has 16 heavy (non-hydrogen) atoms. The van der Waals surface area contributed by atoms with E-state index in [1.54, 1.807) is 0 Å². The molecule has 0 fully saturated rings. The van der Waals surface area contributed by atoms with E-state index in [4.69, 9.17) is 16.7 Å². The van der Waals surface area contributed by atoms with Crippen molar-refractivity contribution in [2.24, 2.45) is 0 Å². The van der Waals surface area contributed by atoms with Gasteiger partial charge in [-0.05, 0) is 18.2 Å². The molecular formula is C10H10ClFO3S. The van der Waals surface area contributed by atoms with Crippen LogP contribution in [0.4, 0.5) is 4.39 Å². The van der Waals surface area contributed by atoms with E-state index >= 15 is 0 Å². The summed E-state index contributed by atoms with van der Waals surface area (Å²) in [5, 5.41) is 8.76. The summed E-state index contributed by atoms with van der Waals surface area (Å²) in [5.74, 6) is -1.49. The molecule has 0 aliphatic rings. The van der Waals surface area contributed by atoms with Crippen molar-refractivity contribution in [1.29, 1.82) is 0 Å². The molecule has 1 atom stereocenters. The van der Waals surface area contributed by atoms with Gasteiger partial charge in [0.25, 0.3) is 0 Å². The molecule has 0 aliphatic heterocycles. The lowest BCUT2D eigenvalue weighted by atomic mass is 10.2. The lowest BCUT2D eigenvalue weighted by molar-refractivity contribution is -0.136. The van der Waals surface area contributed by atoms with E-state index in [2.05, 4.69) is 0 Å². The Hall–Kier alpha value is -0.940. The number of hydrogen-bond donors (Lipinski definition) is 1. The quantitative estimate of drug-likeness (QED) is 0.887. The van der Waals surface area contributed by atoms with Crippen LogP contribution in [0.3, 0.4) is 0 Å². The van der Waals surface area contributed by atoms with Gasteiger partial charge in [0.05, 0.1) is 12.2 Å². The first-order chi connectivity index (χ1) is 7.49. The van der Waals surface area contributed by atoms with E-state index in [1.165, 1.54) is 18.2 Å². The number of carboxylic acid groups (broad SMARTS) is 1. The SMILES string of the molecule is O=C(O)CCS(=O)Cc1cc(Cl)ccc1F. The Kier molecular flexibility index (Phi) is 4.89. The molecule has 1 N–H and O–H groups in total. The smallest absolute Gasteiger partial charge is 0.304 e.